The number of H-pyrrole nitrogens is 1. The third kappa shape index (κ3) is 2.74. The fraction of sp³-hybridized carbons (Fsp3) is 0.333. The number of aromatic hydroxyl groups is 1. The molecular formula is C15H17FN2O3. The molecule has 0 unspecified atom stereocenters. The molecule has 2 rings (SSSR count). The van der Waals surface area contributed by atoms with E-state index in [-0.39, 0.29) is 17.2 Å². The topological polar surface area (TPSA) is 75.1 Å². The Morgan fingerprint density at radius 1 is 1.29 bits per heavy atom. The lowest BCUT2D eigenvalue weighted by Crippen LogP contribution is -2.33. The van der Waals surface area contributed by atoms with Crippen molar-refractivity contribution < 1.29 is 9.50 Å². The highest BCUT2D eigenvalue weighted by molar-refractivity contribution is 5.67. The zero-order chi connectivity index (χ0) is 15.6. The van der Waals surface area contributed by atoms with E-state index in [0.717, 1.165) is 10.6 Å². The molecule has 2 N–H and O–H groups in total. The molecule has 1 aromatic carbocycles. The summed E-state index contributed by atoms with van der Waals surface area (Å²) in [5, 5.41) is 10.3. The summed E-state index contributed by atoms with van der Waals surface area (Å²) in [4.78, 5) is 26.1. The lowest BCUT2D eigenvalue weighted by Gasteiger charge is -2.19. The SMILES string of the molecule is CCC(CC)n1c(O)c(-c2cccc(F)c2)c(=O)[nH]c1=O. The average molecular weight is 292 g/mol. The molecule has 0 radical (unpaired) electrons. The monoisotopic (exact) mass is 292 g/mol. The zero-order valence-corrected chi connectivity index (χ0v) is 11.9. The van der Waals surface area contributed by atoms with E-state index in [1.54, 1.807) is 0 Å². The van der Waals surface area contributed by atoms with Crippen molar-refractivity contribution in [3.8, 4) is 17.0 Å². The molecule has 0 aliphatic carbocycles. The van der Waals surface area contributed by atoms with Gasteiger partial charge in [0.2, 0.25) is 5.88 Å². The molecule has 2 aromatic rings. The number of aromatic amines is 1. The van der Waals surface area contributed by atoms with Gasteiger partial charge in [-0.15, -0.1) is 0 Å². The van der Waals surface area contributed by atoms with Gasteiger partial charge in [-0.25, -0.2) is 9.18 Å². The largest absolute Gasteiger partial charge is 0.494 e. The molecule has 0 amide bonds. The Kier molecular flexibility index (Phi) is 4.26. The van der Waals surface area contributed by atoms with Crippen LogP contribution in [0.1, 0.15) is 32.7 Å². The first-order valence-electron chi connectivity index (χ1n) is 6.83. The first-order valence-corrected chi connectivity index (χ1v) is 6.83. The fourth-order valence-electron chi connectivity index (χ4n) is 2.43. The minimum Gasteiger partial charge on any atom is -0.494 e. The molecule has 21 heavy (non-hydrogen) atoms. The van der Waals surface area contributed by atoms with Gasteiger partial charge in [0.05, 0.1) is 0 Å². The van der Waals surface area contributed by atoms with E-state index in [2.05, 4.69) is 4.98 Å². The van der Waals surface area contributed by atoms with Crippen LogP contribution >= 0.6 is 0 Å². The lowest BCUT2D eigenvalue weighted by atomic mass is 10.1. The number of nitrogens with zero attached hydrogens (tertiary/aromatic N) is 1. The lowest BCUT2D eigenvalue weighted by molar-refractivity contribution is 0.351. The predicted octanol–water partition coefficient (Wildman–Crippen LogP) is 2.41. The molecule has 112 valence electrons. The Morgan fingerprint density at radius 2 is 1.95 bits per heavy atom. The number of nitrogens with one attached hydrogen (secondary N) is 1. The van der Waals surface area contributed by atoms with Gasteiger partial charge in [0.25, 0.3) is 5.56 Å². The fourth-order valence-corrected chi connectivity index (χ4v) is 2.43. The number of halogens is 1. The van der Waals surface area contributed by atoms with Crippen LogP contribution in [0.5, 0.6) is 5.88 Å². The van der Waals surface area contributed by atoms with E-state index < -0.39 is 22.9 Å². The molecule has 1 heterocycles. The first-order chi connectivity index (χ1) is 9.99. The Morgan fingerprint density at radius 3 is 2.52 bits per heavy atom. The van der Waals surface area contributed by atoms with Gasteiger partial charge in [0.1, 0.15) is 11.4 Å². The maximum Gasteiger partial charge on any atom is 0.331 e. The van der Waals surface area contributed by atoms with E-state index in [1.807, 2.05) is 13.8 Å². The van der Waals surface area contributed by atoms with Gasteiger partial charge in [-0.05, 0) is 30.5 Å². The molecule has 0 spiro atoms. The van der Waals surface area contributed by atoms with E-state index in [1.165, 1.54) is 18.2 Å². The zero-order valence-electron chi connectivity index (χ0n) is 11.9. The number of hydrogen-bond acceptors (Lipinski definition) is 3. The quantitative estimate of drug-likeness (QED) is 0.908. The van der Waals surface area contributed by atoms with Crippen molar-refractivity contribution >= 4 is 0 Å². The third-order valence-corrected chi connectivity index (χ3v) is 3.54. The number of aromatic nitrogens is 2. The Balaban J connectivity index is 2.76. The third-order valence-electron chi connectivity index (χ3n) is 3.54. The van der Waals surface area contributed by atoms with Crippen LogP contribution in [0.15, 0.2) is 33.9 Å². The molecule has 0 saturated carbocycles. The molecule has 0 bridgehead atoms. The molecule has 0 fully saturated rings. The highest BCUT2D eigenvalue weighted by atomic mass is 19.1. The van der Waals surface area contributed by atoms with Crippen molar-refractivity contribution in [3.05, 3.63) is 50.9 Å². The summed E-state index contributed by atoms with van der Waals surface area (Å²) in [6, 6.07) is 5.10. The molecule has 6 heteroatoms. The minimum atomic E-state index is -0.731. The maximum absolute atomic E-state index is 13.3. The second kappa shape index (κ2) is 5.95. The molecule has 0 saturated heterocycles. The molecular weight excluding hydrogens is 275 g/mol. The molecule has 0 aliphatic rings. The van der Waals surface area contributed by atoms with E-state index in [9.17, 15) is 19.1 Å². The van der Waals surface area contributed by atoms with Crippen molar-refractivity contribution in [2.24, 2.45) is 0 Å². The normalized spacial score (nSPS) is 11.0. The van der Waals surface area contributed by atoms with Gasteiger partial charge < -0.3 is 5.11 Å². The molecule has 1 aromatic heterocycles. The van der Waals surface area contributed by atoms with Crippen LogP contribution in [0.3, 0.4) is 0 Å². The summed E-state index contributed by atoms with van der Waals surface area (Å²) in [6.45, 7) is 3.76. The summed E-state index contributed by atoms with van der Waals surface area (Å²) in [5.41, 5.74) is -1.26. The van der Waals surface area contributed by atoms with Crippen molar-refractivity contribution in [1.29, 1.82) is 0 Å². The average Bonchev–Trinajstić information content (AvgIpc) is 2.43. The van der Waals surface area contributed by atoms with Gasteiger partial charge in [-0.3, -0.25) is 14.3 Å². The van der Waals surface area contributed by atoms with Crippen LogP contribution in [0.2, 0.25) is 0 Å². The Bertz CT molecular complexity index is 760. The highest BCUT2D eigenvalue weighted by Gasteiger charge is 2.20. The van der Waals surface area contributed by atoms with Crippen LogP contribution in [0, 0.1) is 5.82 Å². The van der Waals surface area contributed by atoms with Crippen LogP contribution < -0.4 is 11.2 Å². The van der Waals surface area contributed by atoms with Gasteiger partial charge in [-0.2, -0.15) is 0 Å². The molecule has 5 nitrogen and oxygen atoms in total. The highest BCUT2D eigenvalue weighted by Crippen LogP contribution is 2.28. The number of benzene rings is 1. The van der Waals surface area contributed by atoms with Crippen molar-refractivity contribution in [1.82, 2.24) is 9.55 Å². The summed E-state index contributed by atoms with van der Waals surface area (Å²) in [6.07, 6.45) is 1.25. The minimum absolute atomic E-state index is 0.0963. The molecule has 0 atom stereocenters. The van der Waals surface area contributed by atoms with Crippen LogP contribution in [0.4, 0.5) is 4.39 Å². The first kappa shape index (κ1) is 15.0. The van der Waals surface area contributed by atoms with Crippen molar-refractivity contribution in [2.45, 2.75) is 32.7 Å². The second-order valence-corrected chi connectivity index (χ2v) is 4.81. The Labute approximate surface area is 120 Å². The maximum atomic E-state index is 13.3. The summed E-state index contributed by atoms with van der Waals surface area (Å²) in [7, 11) is 0. The molecule has 0 aliphatic heterocycles. The summed E-state index contributed by atoms with van der Waals surface area (Å²) < 4.78 is 14.5. The standard InChI is InChI=1S/C15H17FN2O3/c1-3-11(4-2)18-14(20)12(13(19)17-15(18)21)9-6-5-7-10(16)8-9/h5-8,11,20H,3-4H2,1-2H3,(H,17,19,21). The Hall–Kier alpha value is -2.37. The van der Waals surface area contributed by atoms with Crippen molar-refractivity contribution in [2.75, 3.05) is 0 Å². The van der Waals surface area contributed by atoms with Gasteiger partial charge in [-0.1, -0.05) is 26.0 Å². The number of hydrogen-bond donors (Lipinski definition) is 2. The predicted molar refractivity (Wildman–Crippen MR) is 78.0 cm³/mol. The van der Waals surface area contributed by atoms with Crippen LogP contribution in [-0.2, 0) is 0 Å². The summed E-state index contributed by atoms with van der Waals surface area (Å²) >= 11 is 0. The smallest absolute Gasteiger partial charge is 0.331 e. The number of rotatable bonds is 4. The van der Waals surface area contributed by atoms with E-state index in [4.69, 9.17) is 0 Å². The van der Waals surface area contributed by atoms with E-state index >= 15 is 0 Å². The van der Waals surface area contributed by atoms with E-state index in [0.29, 0.717) is 12.8 Å². The van der Waals surface area contributed by atoms with Gasteiger partial charge in [0, 0.05) is 6.04 Å². The van der Waals surface area contributed by atoms with Gasteiger partial charge >= 0.3 is 5.69 Å². The van der Waals surface area contributed by atoms with Crippen molar-refractivity contribution in [3.63, 3.8) is 0 Å². The van der Waals surface area contributed by atoms with Crippen LogP contribution in [-0.4, -0.2) is 14.7 Å². The summed E-state index contributed by atoms with van der Waals surface area (Å²) in [5.74, 6) is -0.949. The van der Waals surface area contributed by atoms with Gasteiger partial charge in [0.15, 0.2) is 0 Å². The second-order valence-electron chi connectivity index (χ2n) is 4.81. The van der Waals surface area contributed by atoms with Crippen LogP contribution in [0.25, 0.3) is 11.1 Å².